The standard InChI is InChI=1S/C32H59NO5S/c1-3-5-7-9-11-13-14-15-16-17-18-19-20-22-24-26-28-32(35)33-30(29-39(36,37)38)31(34)27-25-23-21-12-10-8-6-4-2/h10,12,16-17,25,27,30-31,34H,3-9,11,13-15,18-24,26,28-29H2,1-2H3,(H,33,35)(H,36,37,38)/b12-10+,17-16-,27-25+. The van der Waals surface area contributed by atoms with Gasteiger partial charge in [-0.2, -0.15) is 8.42 Å². The summed E-state index contributed by atoms with van der Waals surface area (Å²) in [5.41, 5.74) is 0. The van der Waals surface area contributed by atoms with Crippen LogP contribution in [0.15, 0.2) is 36.5 Å². The lowest BCUT2D eigenvalue weighted by Crippen LogP contribution is -2.46. The molecule has 0 saturated carbocycles. The molecule has 3 N–H and O–H groups in total. The smallest absolute Gasteiger partial charge is 0.267 e. The fourth-order valence-electron chi connectivity index (χ4n) is 4.38. The molecule has 0 rings (SSSR count). The molecular formula is C32H59NO5S. The molecule has 0 aliphatic heterocycles. The van der Waals surface area contributed by atoms with E-state index in [1.807, 2.05) is 0 Å². The summed E-state index contributed by atoms with van der Waals surface area (Å²) >= 11 is 0. The molecule has 2 atom stereocenters. The number of hydrogen-bond donors (Lipinski definition) is 3. The minimum atomic E-state index is -4.34. The number of carbonyl (C=O) groups excluding carboxylic acids is 1. The average molecular weight is 570 g/mol. The molecule has 7 heteroatoms. The highest BCUT2D eigenvalue weighted by molar-refractivity contribution is 7.85. The lowest BCUT2D eigenvalue weighted by Gasteiger charge is -2.21. The summed E-state index contributed by atoms with van der Waals surface area (Å²) in [4.78, 5) is 12.4. The zero-order valence-electron chi connectivity index (χ0n) is 25.0. The molecule has 0 aliphatic rings. The van der Waals surface area contributed by atoms with Gasteiger partial charge in [0.15, 0.2) is 0 Å². The van der Waals surface area contributed by atoms with Gasteiger partial charge in [-0.15, -0.1) is 0 Å². The summed E-state index contributed by atoms with van der Waals surface area (Å²) in [7, 11) is -4.34. The molecule has 1 amide bonds. The number of nitrogens with one attached hydrogen (secondary N) is 1. The number of aliphatic hydroxyl groups is 1. The third kappa shape index (κ3) is 27.9. The molecular weight excluding hydrogens is 510 g/mol. The van der Waals surface area contributed by atoms with Gasteiger partial charge < -0.3 is 10.4 Å². The van der Waals surface area contributed by atoms with E-state index in [4.69, 9.17) is 0 Å². The van der Waals surface area contributed by atoms with Crippen molar-refractivity contribution in [3.63, 3.8) is 0 Å². The second-order valence-corrected chi connectivity index (χ2v) is 12.2. The first-order chi connectivity index (χ1) is 18.8. The normalized spacial score (nSPS) is 14.1. The Hall–Kier alpha value is -1.44. The maximum atomic E-state index is 12.4. The summed E-state index contributed by atoms with van der Waals surface area (Å²) in [5.74, 6) is -1.02. The molecule has 0 radical (unpaired) electrons. The van der Waals surface area contributed by atoms with Crippen molar-refractivity contribution in [2.75, 3.05) is 5.75 Å². The van der Waals surface area contributed by atoms with E-state index in [0.717, 1.165) is 57.8 Å². The summed E-state index contributed by atoms with van der Waals surface area (Å²) in [5, 5.41) is 13.0. The van der Waals surface area contributed by atoms with Gasteiger partial charge in [-0.25, -0.2) is 0 Å². The van der Waals surface area contributed by atoms with Gasteiger partial charge in [0.05, 0.1) is 17.9 Å². The zero-order chi connectivity index (χ0) is 29.0. The van der Waals surface area contributed by atoms with Crippen molar-refractivity contribution in [3.8, 4) is 0 Å². The maximum Gasteiger partial charge on any atom is 0.267 e. The van der Waals surface area contributed by atoms with Crippen LogP contribution in [0.3, 0.4) is 0 Å². The first-order valence-corrected chi connectivity index (χ1v) is 17.3. The first kappa shape index (κ1) is 37.6. The van der Waals surface area contributed by atoms with Crippen molar-refractivity contribution in [2.24, 2.45) is 0 Å². The van der Waals surface area contributed by atoms with Crippen LogP contribution >= 0.6 is 0 Å². The second kappa shape index (κ2) is 26.8. The van der Waals surface area contributed by atoms with Crippen LogP contribution < -0.4 is 5.32 Å². The fraction of sp³-hybridized carbons (Fsp3) is 0.781. The van der Waals surface area contributed by atoms with E-state index < -0.39 is 28.0 Å². The highest BCUT2D eigenvalue weighted by Gasteiger charge is 2.24. The molecule has 0 heterocycles. The lowest BCUT2D eigenvalue weighted by atomic mass is 10.1. The Balaban J connectivity index is 4.04. The van der Waals surface area contributed by atoms with Crippen LogP contribution in [0.2, 0.25) is 0 Å². The topological polar surface area (TPSA) is 104 Å². The van der Waals surface area contributed by atoms with Crippen molar-refractivity contribution in [1.29, 1.82) is 0 Å². The molecule has 6 nitrogen and oxygen atoms in total. The fourth-order valence-corrected chi connectivity index (χ4v) is 5.12. The predicted octanol–water partition coefficient (Wildman–Crippen LogP) is 8.23. The SMILES string of the molecule is CCCC/C=C/CC/C=C/C(O)C(CS(=O)(=O)O)NC(=O)CCCCCCC/C=C\CCCCCCCCC. The van der Waals surface area contributed by atoms with Gasteiger partial charge in [0, 0.05) is 6.42 Å². The maximum absolute atomic E-state index is 12.4. The van der Waals surface area contributed by atoms with E-state index in [-0.39, 0.29) is 12.3 Å². The van der Waals surface area contributed by atoms with Crippen molar-refractivity contribution in [2.45, 2.75) is 154 Å². The van der Waals surface area contributed by atoms with Crippen molar-refractivity contribution < 1.29 is 22.9 Å². The number of unbranched alkanes of at least 4 members (excludes halogenated alkanes) is 15. The Kier molecular flexibility index (Phi) is 25.8. The number of amides is 1. The van der Waals surface area contributed by atoms with E-state index in [9.17, 15) is 22.9 Å². The van der Waals surface area contributed by atoms with Crippen molar-refractivity contribution in [3.05, 3.63) is 36.5 Å². The average Bonchev–Trinajstić information content (AvgIpc) is 2.88. The van der Waals surface area contributed by atoms with E-state index in [0.29, 0.717) is 6.42 Å². The van der Waals surface area contributed by atoms with Crippen LogP contribution in [0.1, 0.15) is 142 Å². The van der Waals surface area contributed by atoms with Gasteiger partial charge in [0.2, 0.25) is 5.91 Å². The van der Waals surface area contributed by atoms with Crippen LogP contribution in [0.4, 0.5) is 0 Å². The zero-order valence-corrected chi connectivity index (χ0v) is 25.8. The third-order valence-electron chi connectivity index (χ3n) is 6.79. The first-order valence-electron chi connectivity index (χ1n) is 15.7. The highest BCUT2D eigenvalue weighted by atomic mass is 32.2. The molecule has 2 unspecified atom stereocenters. The number of aliphatic hydroxyl groups excluding tert-OH is 1. The Labute approximate surface area is 240 Å². The van der Waals surface area contributed by atoms with Gasteiger partial charge in [-0.1, -0.05) is 121 Å². The lowest BCUT2D eigenvalue weighted by molar-refractivity contribution is -0.122. The molecule has 0 aromatic heterocycles. The monoisotopic (exact) mass is 569 g/mol. The quantitative estimate of drug-likeness (QED) is 0.0525. The Bertz CT molecular complexity index is 761. The molecule has 0 aromatic rings. The van der Waals surface area contributed by atoms with Gasteiger partial charge in [0.1, 0.15) is 0 Å². The minimum absolute atomic E-state index is 0.277. The van der Waals surface area contributed by atoms with E-state index >= 15 is 0 Å². The van der Waals surface area contributed by atoms with Crippen LogP contribution in [0.25, 0.3) is 0 Å². The molecule has 0 aromatic carbocycles. The third-order valence-corrected chi connectivity index (χ3v) is 7.57. The van der Waals surface area contributed by atoms with Crippen LogP contribution in [-0.4, -0.2) is 41.9 Å². The summed E-state index contributed by atoms with van der Waals surface area (Å²) < 4.78 is 32.1. The Morgan fingerprint density at radius 1 is 0.667 bits per heavy atom. The van der Waals surface area contributed by atoms with Crippen LogP contribution in [0, 0.1) is 0 Å². The molecule has 0 fully saturated rings. The molecule has 0 spiro atoms. The number of rotatable bonds is 27. The van der Waals surface area contributed by atoms with Crippen molar-refractivity contribution >= 4 is 16.0 Å². The van der Waals surface area contributed by atoms with Crippen molar-refractivity contribution in [1.82, 2.24) is 5.32 Å². The number of hydrogen-bond acceptors (Lipinski definition) is 4. The summed E-state index contributed by atoms with van der Waals surface area (Å²) in [6, 6.07) is -1.07. The van der Waals surface area contributed by atoms with Crippen LogP contribution in [-0.2, 0) is 14.9 Å². The Morgan fingerprint density at radius 2 is 1.13 bits per heavy atom. The summed E-state index contributed by atoms with van der Waals surface area (Å²) in [6.45, 7) is 4.40. The van der Waals surface area contributed by atoms with Gasteiger partial charge in [-0.3, -0.25) is 9.35 Å². The van der Waals surface area contributed by atoms with E-state index in [1.54, 1.807) is 6.08 Å². The predicted molar refractivity (Wildman–Crippen MR) is 165 cm³/mol. The van der Waals surface area contributed by atoms with Gasteiger partial charge >= 0.3 is 0 Å². The Morgan fingerprint density at radius 3 is 1.69 bits per heavy atom. The minimum Gasteiger partial charge on any atom is -0.387 e. The number of carbonyl (C=O) groups is 1. The molecule has 39 heavy (non-hydrogen) atoms. The van der Waals surface area contributed by atoms with Gasteiger partial charge in [-0.05, 0) is 51.4 Å². The second-order valence-electron chi connectivity index (χ2n) is 10.7. The largest absolute Gasteiger partial charge is 0.387 e. The molecule has 0 bridgehead atoms. The number of allylic oxidation sites excluding steroid dienone is 5. The van der Waals surface area contributed by atoms with Crippen LogP contribution in [0.5, 0.6) is 0 Å². The van der Waals surface area contributed by atoms with Gasteiger partial charge in [0.25, 0.3) is 10.1 Å². The summed E-state index contributed by atoms with van der Waals surface area (Å²) in [6.07, 6.45) is 32.9. The van der Waals surface area contributed by atoms with E-state index in [2.05, 4.69) is 43.5 Å². The highest BCUT2D eigenvalue weighted by Crippen LogP contribution is 2.11. The van der Waals surface area contributed by atoms with E-state index in [1.165, 1.54) is 63.9 Å². The molecule has 0 aliphatic carbocycles. The molecule has 0 saturated heterocycles. The molecule has 228 valence electrons.